The van der Waals surface area contributed by atoms with E-state index >= 15 is 0 Å². The first-order chi connectivity index (χ1) is 6.34. The highest BCUT2D eigenvalue weighted by Gasteiger charge is 2.00. The van der Waals surface area contributed by atoms with Gasteiger partial charge >= 0.3 is 0 Å². The molecule has 0 unspecified atom stereocenters. The van der Waals surface area contributed by atoms with Gasteiger partial charge in [-0.3, -0.25) is 0 Å². The minimum absolute atomic E-state index is 0.164. The molecular weight excluding hydrogens is 172 g/mol. The molecule has 0 spiro atoms. The van der Waals surface area contributed by atoms with Crippen molar-refractivity contribution < 1.29 is 8.94 Å². The summed E-state index contributed by atoms with van der Waals surface area (Å²) in [5, 5.41) is 6.62. The minimum Gasteiger partial charge on any atom is -0.427 e. The van der Waals surface area contributed by atoms with Crippen LogP contribution in [-0.2, 0) is 6.54 Å². The van der Waals surface area contributed by atoms with Gasteiger partial charge in [0.1, 0.15) is 12.0 Å². The topological polar surface area (TPSA) is 90.1 Å². The van der Waals surface area contributed by atoms with Gasteiger partial charge < -0.3 is 20.0 Å². The van der Waals surface area contributed by atoms with Crippen LogP contribution < -0.4 is 11.1 Å². The molecule has 0 amide bonds. The summed E-state index contributed by atoms with van der Waals surface area (Å²) in [7, 11) is 0. The fourth-order valence-corrected chi connectivity index (χ4v) is 0.886. The Bertz CT molecular complexity index is 368. The lowest BCUT2D eigenvalue weighted by molar-refractivity contribution is 0.422. The van der Waals surface area contributed by atoms with Gasteiger partial charge in [-0.25, -0.2) is 4.98 Å². The lowest BCUT2D eigenvalue weighted by Gasteiger charge is -1.96. The molecule has 2 heterocycles. The third-order valence-corrected chi connectivity index (χ3v) is 1.45. The normalized spacial score (nSPS) is 10.2. The largest absolute Gasteiger partial charge is 0.427 e. The zero-order valence-electron chi connectivity index (χ0n) is 6.73. The van der Waals surface area contributed by atoms with E-state index in [2.05, 4.69) is 20.0 Å². The maximum Gasteiger partial charge on any atom is 0.292 e. The fourth-order valence-electron chi connectivity index (χ4n) is 0.886. The zero-order chi connectivity index (χ0) is 9.10. The highest BCUT2D eigenvalue weighted by Crippen LogP contribution is 2.07. The number of nitrogens with two attached hydrogens (primary N) is 1. The molecule has 0 atom stereocenters. The van der Waals surface area contributed by atoms with E-state index in [1.54, 1.807) is 12.3 Å². The van der Waals surface area contributed by atoms with Crippen LogP contribution in [0.1, 0.15) is 5.76 Å². The van der Waals surface area contributed by atoms with Crippen molar-refractivity contribution in [2.24, 2.45) is 0 Å². The molecule has 0 aliphatic carbocycles. The molecular formula is C7H8N4O2. The summed E-state index contributed by atoms with van der Waals surface area (Å²) in [6, 6.07) is 1.87. The zero-order valence-corrected chi connectivity index (χ0v) is 6.73. The SMILES string of the molecule is Nc1ncc(CNc2ccon2)o1. The number of nitrogen functional groups attached to an aromatic ring is 1. The highest BCUT2D eigenvalue weighted by atomic mass is 16.5. The average molecular weight is 180 g/mol. The Balaban J connectivity index is 1.93. The third kappa shape index (κ3) is 1.78. The number of hydrogen-bond acceptors (Lipinski definition) is 6. The number of nitrogens with one attached hydrogen (secondary N) is 1. The monoisotopic (exact) mass is 180 g/mol. The molecule has 2 aromatic heterocycles. The number of anilines is 2. The number of rotatable bonds is 3. The Hall–Kier alpha value is -1.98. The predicted octanol–water partition coefficient (Wildman–Crippen LogP) is 0.857. The molecule has 0 fully saturated rings. The van der Waals surface area contributed by atoms with Crippen molar-refractivity contribution >= 4 is 11.8 Å². The van der Waals surface area contributed by atoms with Gasteiger partial charge in [0.05, 0.1) is 12.7 Å². The Morgan fingerprint density at radius 2 is 2.46 bits per heavy atom. The van der Waals surface area contributed by atoms with Crippen molar-refractivity contribution in [3.63, 3.8) is 0 Å². The molecule has 0 bridgehead atoms. The van der Waals surface area contributed by atoms with E-state index in [9.17, 15) is 0 Å². The van der Waals surface area contributed by atoms with Crippen LogP contribution in [0.2, 0.25) is 0 Å². The molecule has 0 aliphatic heterocycles. The summed E-state index contributed by atoms with van der Waals surface area (Å²) in [5.41, 5.74) is 5.29. The second kappa shape index (κ2) is 3.18. The van der Waals surface area contributed by atoms with Gasteiger partial charge in [0.2, 0.25) is 0 Å². The van der Waals surface area contributed by atoms with Crippen molar-refractivity contribution in [3.05, 3.63) is 24.3 Å². The maximum atomic E-state index is 5.29. The maximum absolute atomic E-state index is 5.29. The number of aromatic nitrogens is 2. The van der Waals surface area contributed by atoms with E-state index in [4.69, 9.17) is 10.2 Å². The average Bonchev–Trinajstić information content (AvgIpc) is 2.71. The summed E-state index contributed by atoms with van der Waals surface area (Å²) in [4.78, 5) is 3.74. The van der Waals surface area contributed by atoms with Crippen LogP contribution in [0.3, 0.4) is 0 Å². The van der Waals surface area contributed by atoms with Crippen molar-refractivity contribution in [1.82, 2.24) is 10.1 Å². The first kappa shape index (κ1) is 7.66. The van der Waals surface area contributed by atoms with Crippen LogP contribution in [-0.4, -0.2) is 10.1 Å². The van der Waals surface area contributed by atoms with E-state index in [0.29, 0.717) is 18.1 Å². The standard InChI is InChI=1S/C7H8N4O2/c8-7-10-4-5(13-7)3-9-6-1-2-12-11-6/h1-2,4H,3H2,(H2,8,10)(H,9,11). The molecule has 0 radical (unpaired) electrons. The van der Waals surface area contributed by atoms with Crippen molar-refractivity contribution in [1.29, 1.82) is 0 Å². The number of hydrogen-bond donors (Lipinski definition) is 2. The van der Waals surface area contributed by atoms with E-state index < -0.39 is 0 Å². The van der Waals surface area contributed by atoms with Gasteiger partial charge in [-0.05, 0) is 0 Å². The molecule has 3 N–H and O–H groups in total. The van der Waals surface area contributed by atoms with Crippen molar-refractivity contribution in [2.75, 3.05) is 11.1 Å². The van der Waals surface area contributed by atoms with Crippen molar-refractivity contribution in [3.8, 4) is 0 Å². The number of nitrogens with zero attached hydrogens (tertiary/aromatic N) is 2. The van der Waals surface area contributed by atoms with E-state index in [-0.39, 0.29) is 6.01 Å². The van der Waals surface area contributed by atoms with Gasteiger partial charge in [-0.1, -0.05) is 5.16 Å². The molecule has 13 heavy (non-hydrogen) atoms. The highest BCUT2D eigenvalue weighted by molar-refractivity contribution is 5.31. The van der Waals surface area contributed by atoms with Gasteiger partial charge in [-0.2, -0.15) is 0 Å². The van der Waals surface area contributed by atoms with Crippen LogP contribution in [0.5, 0.6) is 0 Å². The lowest BCUT2D eigenvalue weighted by atomic mass is 10.5. The summed E-state index contributed by atoms with van der Waals surface area (Å²) >= 11 is 0. The summed E-state index contributed by atoms with van der Waals surface area (Å²) in [6.07, 6.45) is 3.04. The van der Waals surface area contributed by atoms with Crippen LogP contribution in [0.15, 0.2) is 27.5 Å². The molecule has 0 aromatic carbocycles. The van der Waals surface area contributed by atoms with Crippen LogP contribution in [0.25, 0.3) is 0 Å². The molecule has 68 valence electrons. The molecule has 0 aliphatic rings. The second-order valence-electron chi connectivity index (χ2n) is 2.40. The molecule has 0 saturated heterocycles. The second-order valence-corrected chi connectivity index (χ2v) is 2.40. The third-order valence-electron chi connectivity index (χ3n) is 1.45. The van der Waals surface area contributed by atoms with E-state index in [0.717, 1.165) is 0 Å². The minimum atomic E-state index is 0.164. The van der Waals surface area contributed by atoms with Gasteiger partial charge in [0, 0.05) is 6.07 Å². The number of oxazole rings is 1. The fraction of sp³-hybridized carbons (Fsp3) is 0.143. The quantitative estimate of drug-likeness (QED) is 0.727. The van der Waals surface area contributed by atoms with Crippen LogP contribution in [0, 0.1) is 0 Å². The first-order valence-electron chi connectivity index (χ1n) is 3.69. The Morgan fingerprint density at radius 1 is 1.54 bits per heavy atom. The molecule has 2 rings (SSSR count). The predicted molar refractivity (Wildman–Crippen MR) is 44.7 cm³/mol. The molecule has 2 aromatic rings. The smallest absolute Gasteiger partial charge is 0.292 e. The lowest BCUT2D eigenvalue weighted by Crippen LogP contribution is -1.97. The molecule has 6 nitrogen and oxygen atoms in total. The summed E-state index contributed by atoms with van der Waals surface area (Å²) < 4.78 is 9.65. The van der Waals surface area contributed by atoms with Crippen LogP contribution in [0.4, 0.5) is 11.8 Å². The van der Waals surface area contributed by atoms with E-state index in [1.165, 1.54) is 6.26 Å². The Labute approximate surface area is 73.7 Å². The Kier molecular flexibility index (Phi) is 1.87. The van der Waals surface area contributed by atoms with Gasteiger partial charge in [0.15, 0.2) is 5.82 Å². The van der Waals surface area contributed by atoms with Crippen molar-refractivity contribution in [2.45, 2.75) is 6.54 Å². The first-order valence-corrected chi connectivity index (χ1v) is 3.69. The van der Waals surface area contributed by atoms with Gasteiger partial charge in [0.25, 0.3) is 6.01 Å². The summed E-state index contributed by atoms with van der Waals surface area (Å²) in [6.45, 7) is 0.483. The van der Waals surface area contributed by atoms with E-state index in [1.807, 2.05) is 0 Å². The van der Waals surface area contributed by atoms with Gasteiger partial charge in [-0.15, -0.1) is 0 Å². The Morgan fingerprint density at radius 3 is 3.08 bits per heavy atom. The van der Waals surface area contributed by atoms with Crippen LogP contribution >= 0.6 is 0 Å². The molecule has 0 saturated carbocycles. The summed E-state index contributed by atoms with van der Waals surface area (Å²) in [5.74, 6) is 1.30. The molecule has 6 heteroatoms.